The van der Waals surface area contributed by atoms with Crippen molar-refractivity contribution in [2.24, 2.45) is 7.05 Å². The lowest BCUT2D eigenvalue weighted by Crippen LogP contribution is -2.29. The first-order valence-electron chi connectivity index (χ1n) is 7.34. The second-order valence-corrected chi connectivity index (χ2v) is 6.42. The zero-order valence-corrected chi connectivity index (χ0v) is 13.9. The number of amides is 2. The minimum absolute atomic E-state index is 0.146. The van der Waals surface area contributed by atoms with Crippen LogP contribution < -0.4 is 0 Å². The van der Waals surface area contributed by atoms with Crippen molar-refractivity contribution < 1.29 is 9.59 Å². The van der Waals surface area contributed by atoms with Crippen molar-refractivity contribution >= 4 is 29.0 Å². The second-order valence-electron chi connectivity index (χ2n) is 5.43. The molecule has 2 rings (SSSR count). The van der Waals surface area contributed by atoms with Gasteiger partial charge in [0, 0.05) is 25.0 Å². The van der Waals surface area contributed by atoms with Gasteiger partial charge in [0.1, 0.15) is 0 Å². The number of unbranched alkanes of at least 4 members (excludes halogenated alkanes) is 2. The average molecular weight is 306 g/mol. The molecule has 1 aliphatic heterocycles. The van der Waals surface area contributed by atoms with Gasteiger partial charge in [-0.15, -0.1) is 0 Å². The normalized spacial score (nSPS) is 17.3. The van der Waals surface area contributed by atoms with Crippen LogP contribution in [0.1, 0.15) is 43.1 Å². The number of carbonyl (C=O) groups is 2. The van der Waals surface area contributed by atoms with E-state index in [2.05, 4.69) is 11.5 Å². The van der Waals surface area contributed by atoms with Gasteiger partial charge in [-0.25, -0.2) is 0 Å². The summed E-state index contributed by atoms with van der Waals surface area (Å²) in [6.07, 6.45) is 4.84. The lowest BCUT2D eigenvalue weighted by Gasteiger charge is -2.11. The molecule has 114 valence electrons. The summed E-state index contributed by atoms with van der Waals surface area (Å²) < 4.78 is 2.08. The van der Waals surface area contributed by atoms with E-state index in [0.717, 1.165) is 48.0 Å². The molecule has 0 saturated carbocycles. The van der Waals surface area contributed by atoms with Crippen LogP contribution in [-0.4, -0.2) is 27.2 Å². The smallest absolute Gasteiger partial charge is 0.293 e. The van der Waals surface area contributed by atoms with Gasteiger partial charge < -0.3 is 4.57 Å². The molecule has 0 radical (unpaired) electrons. The first-order valence-corrected chi connectivity index (χ1v) is 8.15. The molecule has 0 bridgehead atoms. The lowest BCUT2D eigenvalue weighted by molar-refractivity contribution is -0.122. The highest BCUT2D eigenvalue weighted by Crippen LogP contribution is 2.33. The molecule has 1 fully saturated rings. The molecule has 0 spiro atoms. The predicted octanol–water partition coefficient (Wildman–Crippen LogP) is 3.87. The molecule has 0 aromatic carbocycles. The molecule has 0 unspecified atom stereocenters. The third-order valence-corrected chi connectivity index (χ3v) is 4.87. The van der Waals surface area contributed by atoms with Gasteiger partial charge in [0.15, 0.2) is 0 Å². The maximum Gasteiger partial charge on any atom is 0.293 e. The molecule has 1 aromatic rings. The fraction of sp³-hybridized carbons (Fsp3) is 0.500. The fourth-order valence-corrected chi connectivity index (χ4v) is 3.24. The molecule has 0 N–H and O–H groups in total. The zero-order valence-electron chi connectivity index (χ0n) is 13.1. The molecule has 2 heterocycles. The molecule has 0 aliphatic carbocycles. The summed E-state index contributed by atoms with van der Waals surface area (Å²) in [6, 6.07) is 2.04. The Morgan fingerprint density at radius 2 is 1.95 bits per heavy atom. The number of aromatic nitrogens is 1. The average Bonchev–Trinajstić information content (AvgIpc) is 2.84. The molecule has 1 saturated heterocycles. The number of carbonyl (C=O) groups excluding carboxylic acids is 2. The van der Waals surface area contributed by atoms with E-state index in [0.29, 0.717) is 11.4 Å². The van der Waals surface area contributed by atoms with Crippen molar-refractivity contribution in [3.63, 3.8) is 0 Å². The van der Waals surface area contributed by atoms with Gasteiger partial charge >= 0.3 is 0 Å². The van der Waals surface area contributed by atoms with E-state index in [9.17, 15) is 9.59 Å². The van der Waals surface area contributed by atoms with Crippen LogP contribution in [0.4, 0.5) is 4.79 Å². The van der Waals surface area contributed by atoms with Crippen molar-refractivity contribution in [2.75, 3.05) is 6.54 Å². The van der Waals surface area contributed by atoms with Crippen LogP contribution in [0.2, 0.25) is 0 Å². The Hall–Kier alpha value is -1.49. The quantitative estimate of drug-likeness (QED) is 0.612. The summed E-state index contributed by atoms with van der Waals surface area (Å²) in [5.74, 6) is -0.151. The van der Waals surface area contributed by atoms with Crippen LogP contribution in [-0.2, 0) is 11.8 Å². The first kappa shape index (κ1) is 15.9. The minimum Gasteiger partial charge on any atom is -0.352 e. The molecular formula is C16H22N2O2S. The maximum atomic E-state index is 12.3. The summed E-state index contributed by atoms with van der Waals surface area (Å²) in [5, 5.41) is -0.146. The number of rotatable bonds is 5. The largest absolute Gasteiger partial charge is 0.352 e. The van der Waals surface area contributed by atoms with Crippen LogP contribution in [0.3, 0.4) is 0 Å². The first-order chi connectivity index (χ1) is 9.95. The monoisotopic (exact) mass is 306 g/mol. The summed E-state index contributed by atoms with van der Waals surface area (Å²) in [5.41, 5.74) is 3.25. The number of hydrogen-bond donors (Lipinski definition) is 0. The third-order valence-electron chi connectivity index (χ3n) is 3.96. The SMILES string of the molecule is CCCCCN1C(=O)S/C(=C\c2cc(C)n(C)c2C)C1=O. The topological polar surface area (TPSA) is 42.3 Å². The molecule has 4 nitrogen and oxygen atoms in total. The minimum atomic E-state index is -0.151. The summed E-state index contributed by atoms with van der Waals surface area (Å²) in [4.78, 5) is 26.2. The van der Waals surface area contributed by atoms with Crippen molar-refractivity contribution in [1.82, 2.24) is 9.47 Å². The third kappa shape index (κ3) is 3.23. The van der Waals surface area contributed by atoms with E-state index in [1.807, 2.05) is 33.0 Å². The second kappa shape index (κ2) is 6.52. The standard InChI is InChI=1S/C16H22N2O2S/c1-5-6-7-8-18-15(19)14(21-16(18)20)10-13-9-11(2)17(4)12(13)3/h9-10H,5-8H2,1-4H3/b14-10-. The Bertz CT molecular complexity index is 602. The van der Waals surface area contributed by atoms with Gasteiger partial charge in [0.25, 0.3) is 11.1 Å². The van der Waals surface area contributed by atoms with Crippen LogP contribution in [0.15, 0.2) is 11.0 Å². The van der Waals surface area contributed by atoms with E-state index < -0.39 is 0 Å². The Morgan fingerprint density at radius 1 is 1.24 bits per heavy atom. The fourth-order valence-electron chi connectivity index (χ4n) is 2.38. The van der Waals surface area contributed by atoms with Gasteiger partial charge in [-0.2, -0.15) is 0 Å². The van der Waals surface area contributed by atoms with Crippen molar-refractivity contribution in [1.29, 1.82) is 0 Å². The maximum absolute atomic E-state index is 12.3. The highest BCUT2D eigenvalue weighted by atomic mass is 32.2. The van der Waals surface area contributed by atoms with Gasteiger partial charge in [0.2, 0.25) is 0 Å². The van der Waals surface area contributed by atoms with Gasteiger partial charge in [-0.1, -0.05) is 19.8 Å². The van der Waals surface area contributed by atoms with E-state index in [4.69, 9.17) is 0 Å². The summed E-state index contributed by atoms with van der Waals surface area (Å²) >= 11 is 1.05. The Balaban J connectivity index is 2.18. The molecule has 5 heteroatoms. The summed E-state index contributed by atoms with van der Waals surface area (Å²) in [7, 11) is 2.00. The van der Waals surface area contributed by atoms with Crippen LogP contribution >= 0.6 is 11.8 Å². The number of thioether (sulfide) groups is 1. The van der Waals surface area contributed by atoms with E-state index in [1.165, 1.54) is 4.90 Å². The van der Waals surface area contributed by atoms with Crippen LogP contribution in [0.5, 0.6) is 0 Å². The van der Waals surface area contributed by atoms with Gasteiger partial charge in [0.05, 0.1) is 4.91 Å². The Labute approximate surface area is 130 Å². The van der Waals surface area contributed by atoms with Gasteiger partial charge in [-0.05, 0) is 49.7 Å². The molecule has 2 amide bonds. The van der Waals surface area contributed by atoms with Crippen molar-refractivity contribution in [3.8, 4) is 0 Å². The summed E-state index contributed by atoms with van der Waals surface area (Å²) in [6.45, 7) is 6.68. The highest BCUT2D eigenvalue weighted by molar-refractivity contribution is 8.18. The Morgan fingerprint density at radius 3 is 2.52 bits per heavy atom. The Kier molecular flexibility index (Phi) is 4.93. The van der Waals surface area contributed by atoms with Gasteiger partial charge in [-0.3, -0.25) is 14.5 Å². The molecular weight excluding hydrogens is 284 g/mol. The number of imide groups is 1. The van der Waals surface area contributed by atoms with Crippen LogP contribution in [0.25, 0.3) is 6.08 Å². The van der Waals surface area contributed by atoms with E-state index in [1.54, 1.807) is 0 Å². The predicted molar refractivity (Wildman–Crippen MR) is 87.1 cm³/mol. The van der Waals surface area contributed by atoms with Crippen molar-refractivity contribution in [3.05, 3.63) is 27.9 Å². The molecule has 1 aliphatic rings. The lowest BCUT2D eigenvalue weighted by atomic mass is 10.2. The molecule has 1 aromatic heterocycles. The van der Waals surface area contributed by atoms with Crippen molar-refractivity contribution in [2.45, 2.75) is 40.0 Å². The zero-order chi connectivity index (χ0) is 15.6. The van der Waals surface area contributed by atoms with Crippen LogP contribution in [0, 0.1) is 13.8 Å². The van der Waals surface area contributed by atoms with E-state index in [-0.39, 0.29) is 11.1 Å². The number of nitrogens with zero attached hydrogens (tertiary/aromatic N) is 2. The molecule has 21 heavy (non-hydrogen) atoms. The number of hydrogen-bond acceptors (Lipinski definition) is 3. The number of aryl methyl sites for hydroxylation is 1. The van der Waals surface area contributed by atoms with E-state index >= 15 is 0 Å². The highest BCUT2D eigenvalue weighted by Gasteiger charge is 2.34. The molecule has 0 atom stereocenters.